The van der Waals surface area contributed by atoms with Crippen LogP contribution in [0.5, 0.6) is 0 Å². The molecule has 1 aliphatic heterocycles. The molecule has 0 aromatic carbocycles. The number of thioether (sulfide) groups is 1. The molecular formula is C11H19N3S. The van der Waals surface area contributed by atoms with Gasteiger partial charge in [-0.25, -0.2) is 0 Å². The molecule has 2 rings (SSSR count). The van der Waals surface area contributed by atoms with Gasteiger partial charge in [0.1, 0.15) is 0 Å². The third kappa shape index (κ3) is 2.75. The van der Waals surface area contributed by atoms with E-state index in [1.54, 1.807) is 0 Å². The Morgan fingerprint density at radius 3 is 3.20 bits per heavy atom. The van der Waals surface area contributed by atoms with Crippen LogP contribution in [0.2, 0.25) is 0 Å². The van der Waals surface area contributed by atoms with Crippen molar-refractivity contribution in [1.82, 2.24) is 15.5 Å². The molecule has 3 atom stereocenters. The lowest BCUT2D eigenvalue weighted by atomic mass is 10.1. The minimum Gasteiger partial charge on any atom is -0.306 e. The van der Waals surface area contributed by atoms with Crippen LogP contribution in [-0.4, -0.2) is 27.2 Å². The molecule has 0 amide bonds. The van der Waals surface area contributed by atoms with E-state index in [4.69, 9.17) is 0 Å². The first-order chi connectivity index (χ1) is 7.27. The van der Waals surface area contributed by atoms with Gasteiger partial charge in [0.05, 0.1) is 6.20 Å². The number of H-pyrrole nitrogens is 1. The van der Waals surface area contributed by atoms with Crippen molar-refractivity contribution >= 4 is 11.8 Å². The van der Waals surface area contributed by atoms with E-state index in [1.807, 2.05) is 12.4 Å². The lowest BCUT2D eigenvalue weighted by Gasteiger charge is -2.31. The van der Waals surface area contributed by atoms with Gasteiger partial charge >= 0.3 is 0 Å². The van der Waals surface area contributed by atoms with E-state index < -0.39 is 0 Å². The lowest BCUT2D eigenvalue weighted by molar-refractivity contribution is 0.417. The Hall–Kier alpha value is -0.480. The second-order valence-electron chi connectivity index (χ2n) is 4.24. The van der Waals surface area contributed by atoms with Crippen molar-refractivity contribution in [3.63, 3.8) is 0 Å². The van der Waals surface area contributed by atoms with Gasteiger partial charge < -0.3 is 5.32 Å². The number of aromatic nitrogens is 2. The van der Waals surface area contributed by atoms with Crippen LogP contribution < -0.4 is 5.32 Å². The Bertz CT molecular complexity index is 286. The molecule has 3 unspecified atom stereocenters. The second-order valence-corrected chi connectivity index (χ2v) is 5.73. The minimum absolute atomic E-state index is 0.398. The Balaban J connectivity index is 1.90. The maximum absolute atomic E-state index is 3.99. The molecule has 0 saturated carbocycles. The summed E-state index contributed by atoms with van der Waals surface area (Å²) in [6.45, 7) is 4.53. The Morgan fingerprint density at radius 2 is 2.53 bits per heavy atom. The van der Waals surface area contributed by atoms with Crippen LogP contribution in [0, 0.1) is 0 Å². The average molecular weight is 225 g/mol. The van der Waals surface area contributed by atoms with Gasteiger partial charge in [0.2, 0.25) is 0 Å². The van der Waals surface area contributed by atoms with E-state index in [0.29, 0.717) is 12.1 Å². The number of hydrogen-bond acceptors (Lipinski definition) is 3. The third-order valence-corrected chi connectivity index (χ3v) is 4.47. The molecule has 1 aliphatic rings. The molecule has 0 radical (unpaired) electrons. The van der Waals surface area contributed by atoms with E-state index in [0.717, 1.165) is 5.25 Å². The summed E-state index contributed by atoms with van der Waals surface area (Å²) in [5.74, 6) is 1.32. The zero-order valence-corrected chi connectivity index (χ0v) is 10.2. The maximum atomic E-state index is 3.99. The van der Waals surface area contributed by atoms with Crippen molar-refractivity contribution in [1.29, 1.82) is 0 Å². The molecule has 84 valence electrons. The molecule has 15 heavy (non-hydrogen) atoms. The van der Waals surface area contributed by atoms with Gasteiger partial charge in [-0.15, -0.1) is 0 Å². The van der Waals surface area contributed by atoms with E-state index in [1.165, 1.54) is 24.2 Å². The molecule has 4 heteroatoms. The molecule has 0 aliphatic carbocycles. The molecular weight excluding hydrogens is 206 g/mol. The molecule has 1 fully saturated rings. The molecule has 2 heterocycles. The molecule has 2 N–H and O–H groups in total. The predicted molar refractivity (Wildman–Crippen MR) is 65.1 cm³/mol. The van der Waals surface area contributed by atoms with Crippen LogP contribution in [0.3, 0.4) is 0 Å². The SMILES string of the molecule is CC(NC1CCCSC1C)c1cn[nH]c1. The standard InChI is InChI=1S/C11H19N3S/c1-8(10-6-12-13-7-10)14-11-4-3-5-15-9(11)2/h6-9,11,14H,3-5H2,1-2H3,(H,12,13). The fourth-order valence-corrected chi connectivity index (χ4v) is 3.21. The largest absolute Gasteiger partial charge is 0.306 e. The van der Waals surface area contributed by atoms with Crippen molar-refractivity contribution < 1.29 is 0 Å². The first-order valence-electron chi connectivity index (χ1n) is 5.63. The summed E-state index contributed by atoms with van der Waals surface area (Å²) in [4.78, 5) is 0. The number of hydrogen-bond donors (Lipinski definition) is 2. The van der Waals surface area contributed by atoms with Gasteiger partial charge in [-0.3, -0.25) is 5.10 Å². The quantitative estimate of drug-likeness (QED) is 0.829. The predicted octanol–water partition coefficient (Wildman–Crippen LogP) is 2.34. The highest BCUT2D eigenvalue weighted by atomic mass is 32.2. The number of aromatic amines is 1. The Morgan fingerprint density at radius 1 is 1.67 bits per heavy atom. The van der Waals surface area contributed by atoms with Crippen molar-refractivity contribution in [2.24, 2.45) is 0 Å². The van der Waals surface area contributed by atoms with Crippen LogP contribution in [0.4, 0.5) is 0 Å². The lowest BCUT2D eigenvalue weighted by Crippen LogP contribution is -2.40. The highest BCUT2D eigenvalue weighted by Crippen LogP contribution is 2.26. The van der Waals surface area contributed by atoms with E-state index in [2.05, 4.69) is 41.1 Å². The van der Waals surface area contributed by atoms with Crippen LogP contribution in [-0.2, 0) is 0 Å². The summed E-state index contributed by atoms with van der Waals surface area (Å²) < 4.78 is 0. The Kier molecular flexibility index (Phi) is 3.70. The molecule has 1 aromatic heterocycles. The van der Waals surface area contributed by atoms with Crippen molar-refractivity contribution in [3.8, 4) is 0 Å². The summed E-state index contributed by atoms with van der Waals surface area (Å²) in [7, 11) is 0. The highest BCUT2D eigenvalue weighted by Gasteiger charge is 2.23. The minimum atomic E-state index is 0.398. The van der Waals surface area contributed by atoms with Crippen LogP contribution >= 0.6 is 11.8 Å². The maximum Gasteiger partial charge on any atom is 0.0534 e. The summed E-state index contributed by atoms with van der Waals surface area (Å²) in [6, 6.07) is 1.04. The Labute approximate surface area is 95.4 Å². The van der Waals surface area contributed by atoms with Gasteiger partial charge in [0.25, 0.3) is 0 Å². The summed E-state index contributed by atoms with van der Waals surface area (Å²) in [5, 5.41) is 11.3. The monoisotopic (exact) mass is 225 g/mol. The molecule has 1 aromatic rings. The summed E-state index contributed by atoms with van der Waals surface area (Å²) >= 11 is 2.08. The molecule has 3 nitrogen and oxygen atoms in total. The third-order valence-electron chi connectivity index (χ3n) is 3.09. The average Bonchev–Trinajstić information content (AvgIpc) is 2.74. The van der Waals surface area contributed by atoms with Gasteiger partial charge in [-0.1, -0.05) is 6.92 Å². The zero-order chi connectivity index (χ0) is 10.7. The first kappa shape index (κ1) is 11.0. The van der Waals surface area contributed by atoms with Crippen molar-refractivity contribution in [2.75, 3.05) is 5.75 Å². The van der Waals surface area contributed by atoms with Crippen molar-refractivity contribution in [2.45, 2.75) is 44.0 Å². The number of nitrogens with one attached hydrogen (secondary N) is 2. The van der Waals surface area contributed by atoms with E-state index in [-0.39, 0.29) is 0 Å². The smallest absolute Gasteiger partial charge is 0.0534 e. The van der Waals surface area contributed by atoms with Crippen LogP contribution in [0.15, 0.2) is 12.4 Å². The number of rotatable bonds is 3. The van der Waals surface area contributed by atoms with E-state index >= 15 is 0 Å². The molecule has 1 saturated heterocycles. The van der Waals surface area contributed by atoms with E-state index in [9.17, 15) is 0 Å². The second kappa shape index (κ2) is 5.03. The topological polar surface area (TPSA) is 40.7 Å². The van der Waals surface area contributed by atoms with Crippen LogP contribution in [0.1, 0.15) is 38.3 Å². The summed E-state index contributed by atoms with van der Waals surface area (Å²) in [5.41, 5.74) is 1.25. The van der Waals surface area contributed by atoms with Crippen LogP contribution in [0.25, 0.3) is 0 Å². The summed E-state index contributed by atoms with van der Waals surface area (Å²) in [6.07, 6.45) is 6.51. The fourth-order valence-electron chi connectivity index (χ4n) is 2.06. The van der Waals surface area contributed by atoms with Gasteiger partial charge in [0.15, 0.2) is 0 Å². The normalized spacial score (nSPS) is 28.9. The van der Waals surface area contributed by atoms with Gasteiger partial charge in [0, 0.05) is 29.1 Å². The van der Waals surface area contributed by atoms with Gasteiger partial charge in [-0.2, -0.15) is 16.9 Å². The van der Waals surface area contributed by atoms with Gasteiger partial charge in [-0.05, 0) is 25.5 Å². The van der Waals surface area contributed by atoms with Crippen molar-refractivity contribution in [3.05, 3.63) is 18.0 Å². The molecule has 0 bridgehead atoms. The zero-order valence-electron chi connectivity index (χ0n) is 9.36. The first-order valence-corrected chi connectivity index (χ1v) is 6.68. The molecule has 0 spiro atoms. The number of nitrogens with zero attached hydrogens (tertiary/aromatic N) is 1. The highest BCUT2D eigenvalue weighted by molar-refractivity contribution is 7.99. The fraction of sp³-hybridized carbons (Fsp3) is 0.727.